The lowest BCUT2D eigenvalue weighted by Gasteiger charge is -2.14. The molecule has 0 amide bonds. The molecular formula is C11H14F3NO3S2. The summed E-state index contributed by atoms with van der Waals surface area (Å²) in [7, 11) is -6.32. The van der Waals surface area contributed by atoms with Crippen molar-refractivity contribution in [3.05, 3.63) is 24.3 Å². The summed E-state index contributed by atoms with van der Waals surface area (Å²) in [6.45, 7) is 1.77. The minimum Gasteiger partial charge on any atom is -0.382 e. The van der Waals surface area contributed by atoms with Crippen LogP contribution < -0.4 is 5.32 Å². The molecule has 4 nitrogen and oxygen atoms in total. The largest absolute Gasteiger partial charge is 0.501 e. The molecule has 0 spiro atoms. The van der Waals surface area contributed by atoms with Crippen molar-refractivity contribution in [1.82, 2.24) is 0 Å². The van der Waals surface area contributed by atoms with Crippen molar-refractivity contribution in [3.8, 4) is 0 Å². The molecule has 1 aromatic rings. The Balaban J connectivity index is 2.88. The summed E-state index contributed by atoms with van der Waals surface area (Å²) in [4.78, 5) is -0.803. The number of halogens is 3. The van der Waals surface area contributed by atoms with Crippen LogP contribution in [0.1, 0.15) is 6.92 Å². The predicted octanol–water partition coefficient (Wildman–Crippen LogP) is 2.16. The second kappa shape index (κ2) is 6.13. The number of benzene rings is 1. The maximum atomic E-state index is 12.3. The van der Waals surface area contributed by atoms with E-state index in [1.165, 1.54) is 18.4 Å². The first-order valence-corrected chi connectivity index (χ1v) is 8.73. The first-order chi connectivity index (χ1) is 9.04. The zero-order valence-corrected chi connectivity index (χ0v) is 12.4. The van der Waals surface area contributed by atoms with Gasteiger partial charge in [-0.3, -0.25) is 4.21 Å². The molecule has 0 aliphatic carbocycles. The summed E-state index contributed by atoms with van der Waals surface area (Å²) in [5.74, 6) is 0.378. The topological polar surface area (TPSA) is 63.2 Å². The van der Waals surface area contributed by atoms with Crippen LogP contribution in [-0.2, 0) is 20.6 Å². The molecule has 2 atom stereocenters. The Kier molecular flexibility index (Phi) is 5.20. The highest BCUT2D eigenvalue weighted by Gasteiger charge is 2.46. The monoisotopic (exact) mass is 329 g/mol. The van der Waals surface area contributed by atoms with Gasteiger partial charge in [-0.1, -0.05) is 0 Å². The van der Waals surface area contributed by atoms with Crippen LogP contribution >= 0.6 is 0 Å². The molecule has 1 rings (SSSR count). The average Bonchev–Trinajstić information content (AvgIpc) is 2.26. The van der Waals surface area contributed by atoms with Gasteiger partial charge >= 0.3 is 5.51 Å². The standard InChI is InChI=1S/C11H14F3NO3S2/c1-8(7-19(2)16)15-9-3-5-10(6-4-9)20(17,18)11(12,13)14/h3-6,8,15H,7H2,1-2H3. The fraction of sp³-hybridized carbons (Fsp3) is 0.455. The lowest BCUT2D eigenvalue weighted by molar-refractivity contribution is -0.0436. The molecule has 0 aliphatic heterocycles. The second-order valence-corrected chi connectivity index (χ2v) is 7.68. The summed E-state index contributed by atoms with van der Waals surface area (Å²) < 4.78 is 70.3. The Morgan fingerprint density at radius 2 is 1.75 bits per heavy atom. The first kappa shape index (κ1) is 17.0. The molecule has 20 heavy (non-hydrogen) atoms. The van der Waals surface area contributed by atoms with Gasteiger partial charge in [0.2, 0.25) is 0 Å². The fourth-order valence-electron chi connectivity index (χ4n) is 1.54. The number of hydrogen-bond donors (Lipinski definition) is 1. The number of alkyl halides is 3. The highest BCUT2D eigenvalue weighted by molar-refractivity contribution is 7.92. The van der Waals surface area contributed by atoms with E-state index in [2.05, 4.69) is 5.32 Å². The van der Waals surface area contributed by atoms with Gasteiger partial charge in [0.15, 0.2) is 0 Å². The Labute approximate surface area is 117 Å². The summed E-state index contributed by atoms with van der Waals surface area (Å²) >= 11 is 0. The van der Waals surface area contributed by atoms with E-state index in [9.17, 15) is 25.8 Å². The van der Waals surface area contributed by atoms with E-state index in [0.717, 1.165) is 12.1 Å². The van der Waals surface area contributed by atoms with Crippen molar-refractivity contribution < 1.29 is 25.8 Å². The van der Waals surface area contributed by atoms with Crippen LogP contribution in [0.15, 0.2) is 29.2 Å². The zero-order valence-electron chi connectivity index (χ0n) is 10.8. The van der Waals surface area contributed by atoms with Crippen LogP contribution in [0.3, 0.4) is 0 Å². The Morgan fingerprint density at radius 3 is 2.15 bits per heavy atom. The van der Waals surface area contributed by atoms with Gasteiger partial charge in [-0.15, -0.1) is 0 Å². The molecule has 0 saturated heterocycles. The number of anilines is 1. The van der Waals surface area contributed by atoms with Crippen LogP contribution in [0.4, 0.5) is 18.9 Å². The molecule has 0 heterocycles. The van der Waals surface area contributed by atoms with E-state index in [1.54, 1.807) is 6.92 Å². The molecule has 1 aromatic carbocycles. The number of hydrogen-bond acceptors (Lipinski definition) is 4. The zero-order chi connectivity index (χ0) is 15.6. The smallest absolute Gasteiger partial charge is 0.382 e. The van der Waals surface area contributed by atoms with Gasteiger partial charge in [-0.05, 0) is 31.2 Å². The molecular weight excluding hydrogens is 315 g/mol. The maximum absolute atomic E-state index is 12.3. The maximum Gasteiger partial charge on any atom is 0.501 e. The third-order valence-corrected chi connectivity index (χ3v) is 4.84. The summed E-state index contributed by atoms with van der Waals surface area (Å²) in [6, 6.07) is 4.12. The average molecular weight is 329 g/mol. The molecule has 0 saturated carbocycles. The van der Waals surface area contributed by atoms with E-state index in [1.807, 2.05) is 0 Å². The number of rotatable bonds is 5. The highest BCUT2D eigenvalue weighted by Crippen LogP contribution is 2.30. The molecule has 2 unspecified atom stereocenters. The first-order valence-electron chi connectivity index (χ1n) is 5.52. The lowest BCUT2D eigenvalue weighted by Crippen LogP contribution is -2.24. The normalized spacial score (nSPS) is 15.7. The lowest BCUT2D eigenvalue weighted by atomic mass is 10.3. The SMILES string of the molecule is CC(CS(C)=O)Nc1ccc(S(=O)(=O)C(F)(F)F)cc1. The van der Waals surface area contributed by atoms with Crippen LogP contribution in [-0.4, -0.2) is 36.2 Å². The molecule has 114 valence electrons. The third-order valence-electron chi connectivity index (χ3n) is 2.37. The van der Waals surface area contributed by atoms with Crippen molar-refractivity contribution in [1.29, 1.82) is 0 Å². The van der Waals surface area contributed by atoms with Gasteiger partial charge in [0, 0.05) is 34.5 Å². The molecule has 0 aliphatic rings. The molecule has 0 bridgehead atoms. The van der Waals surface area contributed by atoms with Crippen LogP contribution in [0.5, 0.6) is 0 Å². The van der Waals surface area contributed by atoms with E-state index >= 15 is 0 Å². The van der Waals surface area contributed by atoms with Crippen molar-refractivity contribution >= 4 is 26.3 Å². The van der Waals surface area contributed by atoms with Gasteiger partial charge < -0.3 is 5.32 Å². The number of sulfone groups is 1. The molecule has 0 radical (unpaired) electrons. The van der Waals surface area contributed by atoms with E-state index in [4.69, 9.17) is 0 Å². The van der Waals surface area contributed by atoms with Gasteiger partial charge in [0.1, 0.15) is 0 Å². The van der Waals surface area contributed by atoms with E-state index in [-0.39, 0.29) is 6.04 Å². The van der Waals surface area contributed by atoms with Crippen LogP contribution in [0.2, 0.25) is 0 Å². The quantitative estimate of drug-likeness (QED) is 0.899. The van der Waals surface area contributed by atoms with Crippen LogP contribution in [0, 0.1) is 0 Å². The summed E-state index contributed by atoms with van der Waals surface area (Å²) in [5, 5.41) is 2.92. The Morgan fingerprint density at radius 1 is 1.25 bits per heavy atom. The highest BCUT2D eigenvalue weighted by atomic mass is 32.2. The van der Waals surface area contributed by atoms with E-state index in [0.29, 0.717) is 11.4 Å². The van der Waals surface area contributed by atoms with Gasteiger partial charge in [-0.2, -0.15) is 13.2 Å². The molecule has 9 heteroatoms. The second-order valence-electron chi connectivity index (χ2n) is 4.26. The van der Waals surface area contributed by atoms with Crippen molar-refractivity contribution in [3.63, 3.8) is 0 Å². The van der Waals surface area contributed by atoms with Crippen molar-refractivity contribution in [2.75, 3.05) is 17.3 Å². The molecule has 0 aromatic heterocycles. The van der Waals surface area contributed by atoms with Crippen molar-refractivity contribution in [2.45, 2.75) is 23.4 Å². The van der Waals surface area contributed by atoms with E-state index < -0.39 is 31.0 Å². The Bertz CT molecular complexity index is 582. The van der Waals surface area contributed by atoms with Gasteiger partial charge in [-0.25, -0.2) is 8.42 Å². The molecule has 0 fully saturated rings. The van der Waals surface area contributed by atoms with Gasteiger partial charge in [0.25, 0.3) is 9.84 Å². The van der Waals surface area contributed by atoms with Crippen LogP contribution in [0.25, 0.3) is 0 Å². The number of nitrogens with one attached hydrogen (secondary N) is 1. The Hall–Kier alpha value is -1.09. The van der Waals surface area contributed by atoms with Crippen molar-refractivity contribution in [2.24, 2.45) is 0 Å². The minimum absolute atomic E-state index is 0.147. The third kappa shape index (κ3) is 4.20. The van der Waals surface area contributed by atoms with Gasteiger partial charge in [0.05, 0.1) is 4.90 Å². The minimum atomic E-state index is -5.32. The molecule has 1 N–H and O–H groups in total. The predicted molar refractivity (Wildman–Crippen MR) is 71.7 cm³/mol. The summed E-state index contributed by atoms with van der Waals surface area (Å²) in [5.41, 5.74) is -4.85. The fourth-order valence-corrected chi connectivity index (χ4v) is 3.09. The summed E-state index contributed by atoms with van der Waals surface area (Å²) in [6.07, 6.45) is 1.54.